The number of carboxylic acid groups (broad SMARTS) is 1. The fourth-order valence-electron chi connectivity index (χ4n) is 3.18. The molecule has 2 aliphatic heterocycles. The zero-order chi connectivity index (χ0) is 14.8. The van der Waals surface area contributed by atoms with Gasteiger partial charge in [0.2, 0.25) is 0 Å². The third kappa shape index (κ3) is 2.93. The van der Waals surface area contributed by atoms with Crippen LogP contribution in [0.15, 0.2) is 18.2 Å². The molecule has 0 aliphatic carbocycles. The minimum atomic E-state index is -0.987. The maximum Gasteiger partial charge on any atom is 0.335 e. The van der Waals surface area contributed by atoms with Gasteiger partial charge in [-0.1, -0.05) is 6.07 Å². The van der Waals surface area contributed by atoms with Gasteiger partial charge in [0.15, 0.2) is 0 Å². The first kappa shape index (κ1) is 14.1. The molecule has 0 atom stereocenters. The molecule has 21 heavy (non-hydrogen) atoms. The van der Waals surface area contributed by atoms with E-state index in [2.05, 4.69) is 5.32 Å². The molecule has 2 aliphatic rings. The number of benzene rings is 1. The second kappa shape index (κ2) is 5.85. The van der Waals surface area contributed by atoms with Crippen LogP contribution in [0.3, 0.4) is 0 Å². The molecular formula is C16H20N2O3. The first-order chi connectivity index (χ1) is 10.1. The second-order valence-corrected chi connectivity index (χ2v) is 5.89. The van der Waals surface area contributed by atoms with Crippen LogP contribution in [0.5, 0.6) is 0 Å². The third-order valence-electron chi connectivity index (χ3n) is 4.50. The van der Waals surface area contributed by atoms with Gasteiger partial charge in [-0.2, -0.15) is 0 Å². The summed E-state index contributed by atoms with van der Waals surface area (Å²) >= 11 is 0. The van der Waals surface area contributed by atoms with Gasteiger partial charge in [0.25, 0.3) is 5.91 Å². The van der Waals surface area contributed by atoms with E-state index in [1.165, 1.54) is 18.9 Å². The van der Waals surface area contributed by atoms with Crippen LogP contribution in [0.2, 0.25) is 0 Å². The van der Waals surface area contributed by atoms with E-state index in [4.69, 9.17) is 5.11 Å². The minimum absolute atomic E-state index is 0.0259. The molecule has 1 aromatic rings. The van der Waals surface area contributed by atoms with E-state index in [1.54, 1.807) is 12.1 Å². The van der Waals surface area contributed by atoms with Gasteiger partial charge in [0.05, 0.1) is 5.56 Å². The van der Waals surface area contributed by atoms with Crippen LogP contribution in [0.1, 0.15) is 45.5 Å². The van der Waals surface area contributed by atoms with Crippen molar-refractivity contribution in [2.75, 3.05) is 19.6 Å². The standard InChI is InChI=1S/C16H20N2O3/c19-15-14-9-12(16(20)21)1-2-13(14)10-18(15)8-5-11-3-6-17-7-4-11/h1-2,9,11,17H,3-8,10H2,(H,20,21). The normalized spacial score (nSPS) is 18.9. The van der Waals surface area contributed by atoms with Gasteiger partial charge < -0.3 is 15.3 Å². The summed E-state index contributed by atoms with van der Waals surface area (Å²) in [6.45, 7) is 3.52. The van der Waals surface area contributed by atoms with Crippen molar-refractivity contribution in [3.8, 4) is 0 Å². The zero-order valence-corrected chi connectivity index (χ0v) is 12.0. The lowest BCUT2D eigenvalue weighted by molar-refractivity contribution is 0.0697. The minimum Gasteiger partial charge on any atom is -0.478 e. The summed E-state index contributed by atoms with van der Waals surface area (Å²) in [6.07, 6.45) is 3.39. The Hall–Kier alpha value is -1.88. The van der Waals surface area contributed by atoms with Gasteiger partial charge in [0.1, 0.15) is 0 Å². The van der Waals surface area contributed by atoms with Crippen molar-refractivity contribution < 1.29 is 14.7 Å². The summed E-state index contributed by atoms with van der Waals surface area (Å²) in [5, 5.41) is 12.4. The fraction of sp³-hybridized carbons (Fsp3) is 0.500. The summed E-state index contributed by atoms with van der Waals surface area (Å²) in [7, 11) is 0. The van der Waals surface area contributed by atoms with Crippen molar-refractivity contribution in [1.82, 2.24) is 10.2 Å². The van der Waals surface area contributed by atoms with E-state index in [0.29, 0.717) is 18.0 Å². The molecule has 112 valence electrons. The van der Waals surface area contributed by atoms with Gasteiger partial charge in [-0.25, -0.2) is 4.79 Å². The van der Waals surface area contributed by atoms with E-state index in [9.17, 15) is 9.59 Å². The van der Waals surface area contributed by atoms with Crippen LogP contribution in [-0.2, 0) is 6.54 Å². The van der Waals surface area contributed by atoms with Crippen molar-refractivity contribution in [3.05, 3.63) is 34.9 Å². The number of fused-ring (bicyclic) bond motifs is 1. The monoisotopic (exact) mass is 288 g/mol. The summed E-state index contributed by atoms with van der Waals surface area (Å²) in [4.78, 5) is 25.2. The Balaban J connectivity index is 1.64. The Kier molecular flexibility index (Phi) is 3.92. The molecule has 2 heterocycles. The number of piperidine rings is 1. The average Bonchev–Trinajstić information content (AvgIpc) is 2.82. The van der Waals surface area contributed by atoms with Crippen LogP contribution >= 0.6 is 0 Å². The number of nitrogens with zero attached hydrogens (tertiary/aromatic N) is 1. The molecule has 0 unspecified atom stereocenters. The smallest absolute Gasteiger partial charge is 0.335 e. The Labute approximate surface area is 123 Å². The van der Waals surface area contributed by atoms with Gasteiger partial charge in [-0.15, -0.1) is 0 Å². The van der Waals surface area contributed by atoms with Crippen LogP contribution in [0.4, 0.5) is 0 Å². The molecule has 0 radical (unpaired) electrons. The van der Waals surface area contributed by atoms with Crippen molar-refractivity contribution in [2.24, 2.45) is 5.92 Å². The average molecular weight is 288 g/mol. The maximum atomic E-state index is 12.4. The molecule has 5 nitrogen and oxygen atoms in total. The molecule has 0 aromatic heterocycles. The quantitative estimate of drug-likeness (QED) is 0.885. The van der Waals surface area contributed by atoms with Crippen LogP contribution in [-0.4, -0.2) is 41.5 Å². The number of aromatic carboxylic acids is 1. The largest absolute Gasteiger partial charge is 0.478 e. The number of carbonyl (C=O) groups is 2. The van der Waals surface area contributed by atoms with E-state index >= 15 is 0 Å². The van der Waals surface area contributed by atoms with Crippen molar-refractivity contribution in [1.29, 1.82) is 0 Å². The molecule has 1 aromatic carbocycles. The molecule has 5 heteroatoms. The summed E-state index contributed by atoms with van der Waals surface area (Å²) < 4.78 is 0. The summed E-state index contributed by atoms with van der Waals surface area (Å²) in [5.74, 6) is -0.321. The SMILES string of the molecule is O=C(O)c1ccc2c(c1)C(=O)N(CCC1CCNCC1)C2. The lowest BCUT2D eigenvalue weighted by atomic mass is 9.94. The maximum absolute atomic E-state index is 12.4. The highest BCUT2D eigenvalue weighted by Crippen LogP contribution is 2.25. The van der Waals surface area contributed by atoms with Crippen LogP contribution < -0.4 is 5.32 Å². The number of rotatable bonds is 4. The number of nitrogens with one attached hydrogen (secondary N) is 1. The third-order valence-corrected chi connectivity index (χ3v) is 4.50. The van der Waals surface area contributed by atoms with Gasteiger partial charge in [0, 0.05) is 18.7 Å². The fourth-order valence-corrected chi connectivity index (χ4v) is 3.18. The predicted octanol–water partition coefficient (Wildman–Crippen LogP) is 1.73. The molecule has 1 fully saturated rings. The molecule has 0 spiro atoms. The molecule has 3 rings (SSSR count). The Morgan fingerprint density at radius 1 is 1.33 bits per heavy atom. The highest BCUT2D eigenvalue weighted by atomic mass is 16.4. The molecular weight excluding hydrogens is 268 g/mol. The lowest BCUT2D eigenvalue weighted by Gasteiger charge is -2.25. The molecule has 0 saturated carbocycles. The highest BCUT2D eigenvalue weighted by molar-refractivity contribution is 6.00. The Morgan fingerprint density at radius 2 is 2.10 bits per heavy atom. The van der Waals surface area contributed by atoms with E-state index in [0.717, 1.165) is 31.6 Å². The molecule has 1 saturated heterocycles. The van der Waals surface area contributed by atoms with Crippen molar-refractivity contribution in [3.63, 3.8) is 0 Å². The molecule has 0 bridgehead atoms. The molecule has 2 N–H and O–H groups in total. The van der Waals surface area contributed by atoms with E-state index < -0.39 is 5.97 Å². The Bertz CT molecular complexity index is 565. The summed E-state index contributed by atoms with van der Waals surface area (Å²) in [6, 6.07) is 4.84. The van der Waals surface area contributed by atoms with E-state index in [1.807, 2.05) is 4.90 Å². The number of carbonyl (C=O) groups excluding carboxylic acids is 1. The second-order valence-electron chi connectivity index (χ2n) is 5.89. The lowest BCUT2D eigenvalue weighted by Crippen LogP contribution is -2.31. The topological polar surface area (TPSA) is 69.6 Å². The Morgan fingerprint density at radius 3 is 2.81 bits per heavy atom. The van der Waals surface area contributed by atoms with Crippen LogP contribution in [0, 0.1) is 5.92 Å². The van der Waals surface area contributed by atoms with Crippen LogP contribution in [0.25, 0.3) is 0 Å². The number of hydrogen-bond acceptors (Lipinski definition) is 3. The van der Waals surface area contributed by atoms with Gasteiger partial charge in [-0.05, 0) is 56.0 Å². The number of carboxylic acids is 1. The van der Waals surface area contributed by atoms with E-state index in [-0.39, 0.29) is 11.5 Å². The predicted molar refractivity (Wildman–Crippen MR) is 78.4 cm³/mol. The first-order valence-corrected chi connectivity index (χ1v) is 7.51. The molecule has 1 amide bonds. The van der Waals surface area contributed by atoms with Gasteiger partial charge in [-0.3, -0.25) is 4.79 Å². The van der Waals surface area contributed by atoms with Crippen molar-refractivity contribution >= 4 is 11.9 Å². The number of hydrogen-bond donors (Lipinski definition) is 2. The summed E-state index contributed by atoms with van der Waals surface area (Å²) in [5.41, 5.74) is 1.68. The van der Waals surface area contributed by atoms with Gasteiger partial charge >= 0.3 is 5.97 Å². The first-order valence-electron chi connectivity index (χ1n) is 7.51. The van der Waals surface area contributed by atoms with Crippen molar-refractivity contribution in [2.45, 2.75) is 25.8 Å². The highest BCUT2D eigenvalue weighted by Gasteiger charge is 2.28. The number of amides is 1. The zero-order valence-electron chi connectivity index (χ0n) is 12.0.